The molecule has 2 aromatic heterocycles. The molecule has 0 saturated carbocycles. The normalized spacial score (nSPS) is 10.7. The van der Waals surface area contributed by atoms with Gasteiger partial charge in [-0.3, -0.25) is 4.40 Å². The van der Waals surface area contributed by atoms with Crippen molar-refractivity contribution in [2.24, 2.45) is 0 Å². The number of imidazole rings is 1. The molecule has 0 aliphatic heterocycles. The Bertz CT molecular complexity index is 545. The molecular formula is C11H13N3O2. The van der Waals surface area contributed by atoms with E-state index in [1.54, 1.807) is 17.5 Å². The molecule has 2 rings (SSSR count). The molecule has 0 aliphatic carbocycles. The van der Waals surface area contributed by atoms with Gasteiger partial charge in [-0.25, -0.2) is 14.8 Å². The number of carbonyl (C=O) groups excluding carboxylic acids is 1. The van der Waals surface area contributed by atoms with Crippen LogP contribution >= 0.6 is 0 Å². The predicted molar refractivity (Wildman–Crippen MR) is 58.4 cm³/mol. The Morgan fingerprint density at radius 2 is 2.25 bits per heavy atom. The van der Waals surface area contributed by atoms with Gasteiger partial charge in [0.2, 0.25) is 5.82 Å². The van der Waals surface area contributed by atoms with Crippen LogP contribution in [0, 0.1) is 13.8 Å². The van der Waals surface area contributed by atoms with Gasteiger partial charge in [0.25, 0.3) is 0 Å². The van der Waals surface area contributed by atoms with Crippen molar-refractivity contribution in [2.45, 2.75) is 20.8 Å². The van der Waals surface area contributed by atoms with Crippen LogP contribution in [-0.2, 0) is 4.74 Å². The van der Waals surface area contributed by atoms with Crippen LogP contribution in [-0.4, -0.2) is 26.9 Å². The second-order valence-electron chi connectivity index (χ2n) is 3.57. The van der Waals surface area contributed by atoms with Crippen molar-refractivity contribution in [2.75, 3.05) is 6.61 Å². The number of aromatic nitrogens is 3. The third kappa shape index (κ3) is 1.64. The van der Waals surface area contributed by atoms with E-state index in [0.717, 1.165) is 11.3 Å². The van der Waals surface area contributed by atoms with E-state index in [1.165, 1.54) is 0 Å². The molecule has 0 atom stereocenters. The van der Waals surface area contributed by atoms with Crippen LogP contribution < -0.4 is 0 Å². The molecule has 84 valence electrons. The summed E-state index contributed by atoms with van der Waals surface area (Å²) in [5.41, 5.74) is 2.38. The molecule has 0 aromatic carbocycles. The van der Waals surface area contributed by atoms with E-state index in [2.05, 4.69) is 9.97 Å². The first-order valence-electron chi connectivity index (χ1n) is 5.12. The number of hydrogen-bond donors (Lipinski definition) is 0. The van der Waals surface area contributed by atoms with E-state index >= 15 is 0 Å². The zero-order valence-electron chi connectivity index (χ0n) is 9.52. The lowest BCUT2D eigenvalue weighted by Gasteiger charge is -2.01. The minimum atomic E-state index is -0.419. The maximum atomic E-state index is 11.6. The monoisotopic (exact) mass is 219 g/mol. The molecule has 0 amide bonds. The summed E-state index contributed by atoms with van der Waals surface area (Å²) in [6.07, 6.45) is 3.58. The van der Waals surface area contributed by atoms with Crippen molar-refractivity contribution in [3.8, 4) is 0 Å². The molecule has 0 radical (unpaired) electrons. The fraction of sp³-hybridized carbons (Fsp3) is 0.364. The van der Waals surface area contributed by atoms with Gasteiger partial charge >= 0.3 is 5.97 Å². The number of rotatable bonds is 2. The van der Waals surface area contributed by atoms with Crippen LogP contribution in [0.2, 0.25) is 0 Å². The highest BCUT2D eigenvalue weighted by Crippen LogP contribution is 2.11. The molecule has 0 spiro atoms. The minimum absolute atomic E-state index is 0.283. The molecule has 5 heteroatoms. The quantitative estimate of drug-likeness (QED) is 0.718. The van der Waals surface area contributed by atoms with Gasteiger partial charge in [0.15, 0.2) is 5.65 Å². The minimum Gasteiger partial charge on any atom is -0.460 e. The summed E-state index contributed by atoms with van der Waals surface area (Å²) in [4.78, 5) is 20.1. The lowest BCUT2D eigenvalue weighted by atomic mass is 10.4. The van der Waals surface area contributed by atoms with Crippen molar-refractivity contribution in [1.29, 1.82) is 0 Å². The van der Waals surface area contributed by atoms with Gasteiger partial charge < -0.3 is 4.74 Å². The highest BCUT2D eigenvalue weighted by Gasteiger charge is 2.16. The summed E-state index contributed by atoms with van der Waals surface area (Å²) in [5, 5.41) is 0. The first kappa shape index (κ1) is 10.6. The number of aryl methyl sites for hydroxylation is 2. The van der Waals surface area contributed by atoms with Crippen LogP contribution in [0.5, 0.6) is 0 Å². The number of carbonyl (C=O) groups is 1. The summed E-state index contributed by atoms with van der Waals surface area (Å²) in [6, 6.07) is 0. The Hall–Kier alpha value is -1.91. The summed E-state index contributed by atoms with van der Waals surface area (Å²) in [5.74, 6) is -0.136. The first-order chi connectivity index (χ1) is 7.63. The third-order valence-electron chi connectivity index (χ3n) is 2.23. The van der Waals surface area contributed by atoms with Gasteiger partial charge in [-0.15, -0.1) is 0 Å². The Balaban J connectivity index is 2.61. The number of ether oxygens (including phenoxy) is 1. The second kappa shape index (κ2) is 3.92. The molecule has 0 N–H and O–H groups in total. The highest BCUT2D eigenvalue weighted by molar-refractivity contribution is 5.87. The van der Waals surface area contributed by atoms with Crippen LogP contribution in [0.4, 0.5) is 0 Å². The Kier molecular flexibility index (Phi) is 2.60. The molecule has 0 fully saturated rings. The van der Waals surface area contributed by atoms with Gasteiger partial charge in [-0.1, -0.05) is 0 Å². The van der Waals surface area contributed by atoms with Crippen molar-refractivity contribution in [1.82, 2.24) is 14.4 Å². The Labute approximate surface area is 93.1 Å². The van der Waals surface area contributed by atoms with E-state index in [-0.39, 0.29) is 5.82 Å². The van der Waals surface area contributed by atoms with Crippen LogP contribution in [0.1, 0.15) is 28.8 Å². The number of nitrogens with zero attached hydrogens (tertiary/aromatic N) is 3. The summed E-state index contributed by atoms with van der Waals surface area (Å²) >= 11 is 0. The predicted octanol–water partition coefficient (Wildman–Crippen LogP) is 1.52. The maximum Gasteiger partial charge on any atom is 0.374 e. The van der Waals surface area contributed by atoms with Gasteiger partial charge in [0, 0.05) is 12.4 Å². The maximum absolute atomic E-state index is 11.6. The van der Waals surface area contributed by atoms with E-state index < -0.39 is 5.97 Å². The van der Waals surface area contributed by atoms with Gasteiger partial charge in [-0.2, -0.15) is 0 Å². The van der Waals surface area contributed by atoms with Crippen molar-refractivity contribution < 1.29 is 9.53 Å². The van der Waals surface area contributed by atoms with E-state index in [9.17, 15) is 4.79 Å². The lowest BCUT2D eigenvalue weighted by molar-refractivity contribution is 0.0511. The Morgan fingerprint density at radius 3 is 2.94 bits per heavy atom. The lowest BCUT2D eigenvalue weighted by Crippen LogP contribution is -2.09. The number of hydrogen-bond acceptors (Lipinski definition) is 4. The van der Waals surface area contributed by atoms with Crippen LogP contribution in [0.25, 0.3) is 5.65 Å². The van der Waals surface area contributed by atoms with Gasteiger partial charge in [-0.05, 0) is 26.3 Å². The molecule has 0 aliphatic rings. The second-order valence-corrected chi connectivity index (χ2v) is 3.57. The summed E-state index contributed by atoms with van der Waals surface area (Å²) in [7, 11) is 0. The largest absolute Gasteiger partial charge is 0.460 e. The van der Waals surface area contributed by atoms with Crippen molar-refractivity contribution in [3.63, 3.8) is 0 Å². The van der Waals surface area contributed by atoms with E-state index in [1.807, 2.05) is 20.0 Å². The smallest absolute Gasteiger partial charge is 0.374 e. The van der Waals surface area contributed by atoms with Gasteiger partial charge in [0.05, 0.1) is 12.3 Å². The van der Waals surface area contributed by atoms with E-state index in [0.29, 0.717) is 12.3 Å². The third-order valence-corrected chi connectivity index (χ3v) is 2.23. The fourth-order valence-electron chi connectivity index (χ4n) is 1.55. The highest BCUT2D eigenvalue weighted by atomic mass is 16.5. The zero-order valence-corrected chi connectivity index (χ0v) is 9.52. The average Bonchev–Trinajstić information content (AvgIpc) is 2.56. The van der Waals surface area contributed by atoms with E-state index in [4.69, 9.17) is 4.74 Å². The van der Waals surface area contributed by atoms with Crippen LogP contribution in [0.15, 0.2) is 12.4 Å². The number of fused-ring (bicyclic) bond motifs is 1. The SMILES string of the molecule is CCOC(=O)c1nc(C)c2ncc(C)cn12. The summed E-state index contributed by atoms with van der Waals surface area (Å²) < 4.78 is 6.61. The standard InChI is InChI=1S/C11H13N3O2/c1-4-16-11(15)10-13-8(3)9-12-5-7(2)6-14(9)10/h5-6H,4H2,1-3H3. The topological polar surface area (TPSA) is 56.5 Å². The first-order valence-corrected chi connectivity index (χ1v) is 5.12. The molecule has 2 heterocycles. The Morgan fingerprint density at radius 1 is 1.50 bits per heavy atom. The van der Waals surface area contributed by atoms with Crippen molar-refractivity contribution >= 4 is 11.6 Å². The molecule has 16 heavy (non-hydrogen) atoms. The number of esters is 1. The van der Waals surface area contributed by atoms with Gasteiger partial charge in [0.1, 0.15) is 0 Å². The van der Waals surface area contributed by atoms with Crippen molar-refractivity contribution in [3.05, 3.63) is 29.5 Å². The average molecular weight is 219 g/mol. The molecule has 5 nitrogen and oxygen atoms in total. The zero-order chi connectivity index (χ0) is 11.7. The molecule has 0 bridgehead atoms. The fourth-order valence-corrected chi connectivity index (χ4v) is 1.55. The molecule has 0 saturated heterocycles. The van der Waals surface area contributed by atoms with Crippen LogP contribution in [0.3, 0.4) is 0 Å². The summed E-state index contributed by atoms with van der Waals surface area (Å²) in [6.45, 7) is 5.84. The molecular weight excluding hydrogens is 206 g/mol. The molecule has 0 unspecified atom stereocenters. The molecule has 2 aromatic rings.